The molecule has 25 heavy (non-hydrogen) atoms. The van der Waals surface area contributed by atoms with Gasteiger partial charge in [0.25, 0.3) is 0 Å². The van der Waals surface area contributed by atoms with Gasteiger partial charge in [0, 0.05) is 6.42 Å². The number of carbonyl (C=O) groups excluding carboxylic acids is 1. The minimum Gasteiger partial charge on any atom is -0.303 e. The van der Waals surface area contributed by atoms with Crippen LogP contribution in [0.15, 0.2) is 24.3 Å². The molecule has 0 aromatic heterocycles. The molecule has 0 unspecified atom stereocenters. The van der Waals surface area contributed by atoms with Gasteiger partial charge in [0.1, 0.15) is 6.29 Å². The Bertz CT molecular complexity index is 278. The molecule has 0 spiro atoms. The smallest absolute Gasteiger partial charge is 0.119 e. The molecule has 0 N–H and O–H groups in total. The molecule has 0 atom stereocenters. The van der Waals surface area contributed by atoms with Crippen LogP contribution < -0.4 is 0 Å². The molecule has 0 aromatic carbocycles. The highest BCUT2D eigenvalue weighted by molar-refractivity contribution is 5.48. The van der Waals surface area contributed by atoms with Gasteiger partial charge in [-0.05, 0) is 45.4 Å². The Morgan fingerprint density at radius 3 is 1.68 bits per heavy atom. The van der Waals surface area contributed by atoms with Crippen LogP contribution in [0.3, 0.4) is 0 Å². The average molecular weight is 350 g/mol. The molecule has 0 saturated carbocycles. The summed E-state index contributed by atoms with van der Waals surface area (Å²) >= 11 is 0. The Hall–Kier alpha value is -0.850. The fourth-order valence-corrected chi connectivity index (χ4v) is 2.54. The van der Waals surface area contributed by atoms with E-state index in [4.69, 9.17) is 0 Å². The van der Waals surface area contributed by atoms with Crippen molar-refractivity contribution < 1.29 is 4.79 Å². The number of carbonyl (C=O) groups is 1. The number of hydrogen-bond acceptors (Lipinski definition) is 1. The van der Waals surface area contributed by atoms with Crippen LogP contribution >= 0.6 is 0 Å². The Morgan fingerprint density at radius 2 is 1.12 bits per heavy atom. The lowest BCUT2D eigenvalue weighted by Crippen LogP contribution is -1.78. The van der Waals surface area contributed by atoms with Crippen LogP contribution in [0.5, 0.6) is 0 Å². The normalized spacial score (nSPS) is 11.0. The van der Waals surface area contributed by atoms with Crippen LogP contribution in [0.1, 0.15) is 117 Å². The second-order valence-electron chi connectivity index (χ2n) is 6.75. The van der Waals surface area contributed by atoms with Crippen LogP contribution in [0.25, 0.3) is 0 Å². The molecule has 0 fully saturated rings. The van der Waals surface area contributed by atoms with Crippen LogP contribution in [0.4, 0.5) is 0 Å². The van der Waals surface area contributed by atoms with Crippen molar-refractivity contribution in [3.8, 4) is 0 Å². The van der Waals surface area contributed by atoms with Crippen LogP contribution in [-0.4, -0.2) is 6.29 Å². The lowest BCUT2D eigenvalue weighted by Gasteiger charge is -1.98. The van der Waals surface area contributed by atoms with Gasteiger partial charge in [-0.15, -0.1) is 0 Å². The van der Waals surface area contributed by atoms with Gasteiger partial charge >= 0.3 is 0 Å². The summed E-state index contributed by atoms with van der Waals surface area (Å²) in [5.74, 6) is 0. The quantitative estimate of drug-likeness (QED) is 0.146. The lowest BCUT2D eigenvalue weighted by molar-refractivity contribution is -0.107. The number of hydrogen-bond donors (Lipinski definition) is 0. The van der Waals surface area contributed by atoms with Crippen LogP contribution in [-0.2, 0) is 4.79 Å². The van der Waals surface area contributed by atoms with Gasteiger partial charge in [-0.2, -0.15) is 0 Å². The third-order valence-electron chi connectivity index (χ3n) is 4.19. The zero-order chi connectivity index (χ0) is 18.8. The topological polar surface area (TPSA) is 17.1 Å². The predicted octanol–water partition coefficient (Wildman–Crippen LogP) is 8.40. The fraction of sp³-hybridized carbons (Fsp3) is 0.750. The summed E-state index contributed by atoms with van der Waals surface area (Å²) in [5, 5.41) is 0. The summed E-state index contributed by atoms with van der Waals surface area (Å²) < 4.78 is 0. The second-order valence-corrected chi connectivity index (χ2v) is 6.75. The van der Waals surface area contributed by atoms with E-state index in [0.29, 0.717) is 0 Å². The van der Waals surface area contributed by atoms with Crippen molar-refractivity contribution in [2.45, 2.75) is 117 Å². The molecule has 147 valence electrons. The predicted molar refractivity (Wildman–Crippen MR) is 115 cm³/mol. The van der Waals surface area contributed by atoms with Gasteiger partial charge in [-0.1, -0.05) is 95.9 Å². The van der Waals surface area contributed by atoms with Crippen molar-refractivity contribution in [1.82, 2.24) is 0 Å². The minimum absolute atomic E-state index is 0.736. The van der Waals surface area contributed by atoms with Crippen LogP contribution in [0.2, 0.25) is 0 Å². The molecule has 0 aliphatic heterocycles. The standard InChI is InChI=1S/C12H22O.C12H23/c1-2-3-4-5-6-7-8-9-10-11-12-13;1-3-5-7-9-11-12-10-8-6-4-2/h5-6,12H,2-4,7-11H2,1H3;4,6H,1,3,5,7-12H2,2H3/b6-5+;6-4-. The van der Waals surface area contributed by atoms with E-state index >= 15 is 0 Å². The molecule has 0 bridgehead atoms. The molecule has 1 radical (unpaired) electrons. The minimum atomic E-state index is 0.736. The summed E-state index contributed by atoms with van der Waals surface area (Å²) in [6.07, 6.45) is 29.9. The first-order valence-corrected chi connectivity index (χ1v) is 10.8. The summed E-state index contributed by atoms with van der Waals surface area (Å²) in [4.78, 5) is 10.00. The van der Waals surface area contributed by atoms with Crippen molar-refractivity contribution in [1.29, 1.82) is 0 Å². The van der Waals surface area contributed by atoms with E-state index in [1.165, 1.54) is 83.5 Å². The summed E-state index contributed by atoms with van der Waals surface area (Å²) in [5.41, 5.74) is 0. The van der Waals surface area contributed by atoms with E-state index in [0.717, 1.165) is 25.5 Å². The van der Waals surface area contributed by atoms with Gasteiger partial charge in [0.15, 0.2) is 0 Å². The zero-order valence-corrected chi connectivity index (χ0v) is 17.3. The van der Waals surface area contributed by atoms with Crippen molar-refractivity contribution >= 4 is 6.29 Å². The molecule has 1 nitrogen and oxygen atoms in total. The third kappa shape index (κ3) is 31.4. The lowest BCUT2D eigenvalue weighted by atomic mass is 10.1. The number of aldehydes is 1. The first-order valence-electron chi connectivity index (χ1n) is 10.8. The Kier molecular flexibility index (Phi) is 29.5. The molecule has 0 aliphatic rings. The first kappa shape index (κ1) is 26.4. The van der Waals surface area contributed by atoms with E-state index < -0.39 is 0 Å². The average Bonchev–Trinajstić information content (AvgIpc) is 2.63. The van der Waals surface area contributed by atoms with E-state index in [-0.39, 0.29) is 0 Å². The molecule has 0 heterocycles. The molecule has 0 amide bonds. The van der Waals surface area contributed by atoms with Crippen molar-refractivity contribution in [3.63, 3.8) is 0 Å². The van der Waals surface area contributed by atoms with Gasteiger partial charge < -0.3 is 4.79 Å². The molecule has 0 rings (SSSR count). The SMILES string of the molecule is CCCC/C=C/CCCCCC=O.[CH2]CCCCCCCC/C=C\C. The van der Waals surface area contributed by atoms with Gasteiger partial charge in [0.05, 0.1) is 0 Å². The second kappa shape index (κ2) is 28.0. The summed E-state index contributed by atoms with van der Waals surface area (Å²) in [6.45, 7) is 8.14. The summed E-state index contributed by atoms with van der Waals surface area (Å²) in [6, 6.07) is 0. The maximum Gasteiger partial charge on any atom is 0.119 e. The van der Waals surface area contributed by atoms with E-state index in [2.05, 4.69) is 45.1 Å². The molecular weight excluding hydrogens is 304 g/mol. The Morgan fingerprint density at radius 1 is 0.640 bits per heavy atom. The van der Waals surface area contributed by atoms with Gasteiger partial charge in [-0.25, -0.2) is 0 Å². The highest BCUT2D eigenvalue weighted by Gasteiger charge is 1.88. The number of allylic oxidation sites excluding steroid dienone is 4. The largest absolute Gasteiger partial charge is 0.303 e. The highest BCUT2D eigenvalue weighted by atomic mass is 16.1. The summed E-state index contributed by atoms with van der Waals surface area (Å²) in [7, 11) is 0. The van der Waals surface area contributed by atoms with Crippen LogP contribution in [0, 0.1) is 6.92 Å². The zero-order valence-electron chi connectivity index (χ0n) is 17.3. The van der Waals surface area contributed by atoms with Crippen molar-refractivity contribution in [3.05, 3.63) is 31.2 Å². The first-order chi connectivity index (χ1) is 12.3. The maximum atomic E-state index is 10.00. The fourth-order valence-electron chi connectivity index (χ4n) is 2.54. The molecule has 0 aliphatic carbocycles. The van der Waals surface area contributed by atoms with Crippen molar-refractivity contribution in [2.24, 2.45) is 0 Å². The molecule has 0 saturated heterocycles. The van der Waals surface area contributed by atoms with E-state index in [1.807, 2.05) is 0 Å². The van der Waals surface area contributed by atoms with Gasteiger partial charge in [-0.3, -0.25) is 0 Å². The van der Waals surface area contributed by atoms with E-state index in [9.17, 15) is 4.79 Å². The maximum absolute atomic E-state index is 10.00. The van der Waals surface area contributed by atoms with E-state index in [1.54, 1.807) is 0 Å². The highest BCUT2D eigenvalue weighted by Crippen LogP contribution is 2.08. The number of rotatable bonds is 17. The number of unbranched alkanes of at least 4 members (excludes halogenated alkanes) is 13. The molecule has 1 heteroatoms. The third-order valence-corrected chi connectivity index (χ3v) is 4.19. The molecule has 0 aromatic rings. The van der Waals surface area contributed by atoms with Crippen molar-refractivity contribution in [2.75, 3.05) is 0 Å². The monoisotopic (exact) mass is 349 g/mol. The Labute approximate surface area is 159 Å². The molecular formula is C24H45O. The Balaban J connectivity index is 0. The van der Waals surface area contributed by atoms with Gasteiger partial charge in [0.2, 0.25) is 0 Å².